The van der Waals surface area contributed by atoms with Crippen molar-refractivity contribution in [2.75, 3.05) is 11.9 Å². The van der Waals surface area contributed by atoms with Gasteiger partial charge in [0.2, 0.25) is 0 Å². The van der Waals surface area contributed by atoms with E-state index in [9.17, 15) is 9.90 Å². The summed E-state index contributed by atoms with van der Waals surface area (Å²) in [5.41, 5.74) is 2.08. The lowest BCUT2D eigenvalue weighted by Crippen LogP contribution is -2.39. The van der Waals surface area contributed by atoms with Crippen LogP contribution in [0.1, 0.15) is 30.8 Å². The molecule has 2 amide bonds. The van der Waals surface area contributed by atoms with Crippen molar-refractivity contribution in [3.8, 4) is 0 Å². The van der Waals surface area contributed by atoms with Gasteiger partial charge in [0.05, 0.1) is 12.2 Å². The van der Waals surface area contributed by atoms with Gasteiger partial charge in [-0.15, -0.1) is 0 Å². The molecule has 0 bridgehead atoms. The molecule has 0 unspecified atom stereocenters. The van der Waals surface area contributed by atoms with Gasteiger partial charge in [-0.1, -0.05) is 17.7 Å². The van der Waals surface area contributed by atoms with Crippen LogP contribution in [0, 0.1) is 0 Å². The zero-order valence-electron chi connectivity index (χ0n) is 13.1. The van der Waals surface area contributed by atoms with E-state index in [1.54, 1.807) is 43.0 Å². The molecule has 3 N–H and O–H groups in total. The van der Waals surface area contributed by atoms with Gasteiger partial charge in [0.1, 0.15) is 5.60 Å². The molecule has 1 aliphatic rings. The van der Waals surface area contributed by atoms with Crippen molar-refractivity contribution < 1.29 is 9.90 Å². The van der Waals surface area contributed by atoms with Crippen LogP contribution >= 0.6 is 11.6 Å². The zero-order valence-corrected chi connectivity index (χ0v) is 13.8. The van der Waals surface area contributed by atoms with Gasteiger partial charge in [-0.3, -0.25) is 5.10 Å². The summed E-state index contributed by atoms with van der Waals surface area (Å²) in [4.78, 5) is 14.2. The third-order valence-electron chi connectivity index (χ3n) is 3.88. The third-order valence-corrected chi connectivity index (χ3v) is 4.11. The highest BCUT2D eigenvalue weighted by Gasteiger charge is 2.31. The number of amides is 2. The quantitative estimate of drug-likeness (QED) is 0.790. The Bertz CT molecular complexity index is 736. The molecule has 3 rings (SSSR count). The van der Waals surface area contributed by atoms with Crippen molar-refractivity contribution in [1.82, 2.24) is 15.1 Å². The number of urea groups is 1. The molecule has 1 aliphatic heterocycles. The Morgan fingerprint density at radius 1 is 1.48 bits per heavy atom. The second kappa shape index (κ2) is 5.86. The highest BCUT2D eigenvalue weighted by molar-refractivity contribution is 6.30. The Morgan fingerprint density at radius 3 is 2.96 bits per heavy atom. The van der Waals surface area contributed by atoms with Crippen molar-refractivity contribution in [3.05, 3.63) is 46.2 Å². The molecule has 6 nitrogen and oxygen atoms in total. The van der Waals surface area contributed by atoms with E-state index in [0.717, 1.165) is 11.3 Å². The summed E-state index contributed by atoms with van der Waals surface area (Å²) in [7, 11) is 0. The van der Waals surface area contributed by atoms with Crippen LogP contribution < -0.4 is 5.32 Å². The molecule has 0 radical (unpaired) electrons. The predicted molar refractivity (Wildman–Crippen MR) is 88.4 cm³/mol. The first-order valence-corrected chi connectivity index (χ1v) is 7.83. The minimum absolute atomic E-state index is 0.194. The van der Waals surface area contributed by atoms with Crippen molar-refractivity contribution in [1.29, 1.82) is 0 Å². The number of aliphatic hydroxyl groups is 1. The topological polar surface area (TPSA) is 81.2 Å². The monoisotopic (exact) mass is 334 g/mol. The van der Waals surface area contributed by atoms with Gasteiger partial charge in [-0.05, 0) is 32.0 Å². The fourth-order valence-corrected chi connectivity index (χ4v) is 2.93. The second-order valence-corrected chi connectivity index (χ2v) is 6.64. The lowest BCUT2D eigenvalue weighted by atomic mass is 9.96. The standard InChI is InChI=1S/C16H19ClN4O2/c1-16(2,23)14-12-9-21(7-6-13(12)19-20-14)15(22)18-11-5-3-4-10(17)8-11/h3-5,8,23H,6-7,9H2,1-2H3,(H,18,22)(H,19,20). The van der Waals surface area contributed by atoms with E-state index in [2.05, 4.69) is 15.5 Å². The molecule has 0 fully saturated rings. The van der Waals surface area contributed by atoms with E-state index in [1.165, 1.54) is 0 Å². The fraction of sp³-hybridized carbons (Fsp3) is 0.375. The maximum Gasteiger partial charge on any atom is 0.322 e. The molecule has 23 heavy (non-hydrogen) atoms. The summed E-state index contributed by atoms with van der Waals surface area (Å²) in [6, 6.07) is 6.84. The Labute approximate surface area is 139 Å². The SMILES string of the molecule is CC(C)(O)c1n[nH]c2c1CN(C(=O)Nc1cccc(Cl)c1)CC2. The van der Waals surface area contributed by atoms with Gasteiger partial charge < -0.3 is 15.3 Å². The number of anilines is 1. The fourth-order valence-electron chi connectivity index (χ4n) is 2.74. The number of rotatable bonds is 2. The summed E-state index contributed by atoms with van der Waals surface area (Å²) in [5, 5.41) is 20.8. The number of hydrogen-bond acceptors (Lipinski definition) is 3. The van der Waals surface area contributed by atoms with Gasteiger partial charge in [0.15, 0.2) is 0 Å². The zero-order chi connectivity index (χ0) is 16.6. The van der Waals surface area contributed by atoms with E-state index in [-0.39, 0.29) is 6.03 Å². The summed E-state index contributed by atoms with van der Waals surface area (Å²) in [6.45, 7) is 4.38. The van der Waals surface area contributed by atoms with E-state index in [0.29, 0.717) is 35.9 Å². The number of benzene rings is 1. The molecule has 1 aromatic carbocycles. The van der Waals surface area contributed by atoms with E-state index in [4.69, 9.17) is 11.6 Å². The number of carbonyl (C=O) groups excluding carboxylic acids is 1. The molecule has 2 aromatic rings. The van der Waals surface area contributed by atoms with Crippen LogP contribution in [-0.4, -0.2) is 32.8 Å². The highest BCUT2D eigenvalue weighted by Crippen LogP contribution is 2.28. The van der Waals surface area contributed by atoms with E-state index in [1.807, 2.05) is 0 Å². The largest absolute Gasteiger partial charge is 0.384 e. The number of aromatic nitrogens is 2. The first-order chi connectivity index (χ1) is 10.8. The summed E-state index contributed by atoms with van der Waals surface area (Å²) in [5.74, 6) is 0. The maximum absolute atomic E-state index is 12.5. The van der Waals surface area contributed by atoms with Crippen LogP contribution in [0.5, 0.6) is 0 Å². The molecule has 1 aromatic heterocycles. The molecule has 2 heterocycles. The second-order valence-electron chi connectivity index (χ2n) is 6.20. The Morgan fingerprint density at radius 2 is 2.26 bits per heavy atom. The van der Waals surface area contributed by atoms with Gasteiger partial charge in [0.25, 0.3) is 0 Å². The maximum atomic E-state index is 12.5. The molecule has 0 aliphatic carbocycles. The summed E-state index contributed by atoms with van der Waals surface area (Å²) >= 11 is 5.93. The van der Waals surface area contributed by atoms with Gasteiger partial charge in [-0.25, -0.2) is 4.79 Å². The molecule has 7 heteroatoms. The Balaban J connectivity index is 1.76. The normalized spacial score (nSPS) is 14.5. The number of aromatic amines is 1. The Kier molecular flexibility index (Phi) is 4.04. The van der Waals surface area contributed by atoms with Gasteiger partial charge in [0, 0.05) is 34.9 Å². The van der Waals surface area contributed by atoms with E-state index >= 15 is 0 Å². The third kappa shape index (κ3) is 3.33. The van der Waals surface area contributed by atoms with Gasteiger partial charge >= 0.3 is 6.03 Å². The molecular weight excluding hydrogens is 316 g/mol. The first kappa shape index (κ1) is 15.8. The van der Waals surface area contributed by atoms with Crippen LogP contribution in [0.2, 0.25) is 5.02 Å². The van der Waals surface area contributed by atoms with Gasteiger partial charge in [-0.2, -0.15) is 5.10 Å². The Hall–Kier alpha value is -2.05. The minimum atomic E-state index is -1.05. The average molecular weight is 335 g/mol. The molecular formula is C16H19ClN4O2. The van der Waals surface area contributed by atoms with Crippen LogP contribution in [-0.2, 0) is 18.6 Å². The number of carbonyl (C=O) groups is 1. The number of hydrogen-bond donors (Lipinski definition) is 3. The summed E-state index contributed by atoms with van der Waals surface area (Å²) < 4.78 is 0. The number of fused-ring (bicyclic) bond motifs is 1. The van der Waals surface area contributed by atoms with Crippen LogP contribution in [0.25, 0.3) is 0 Å². The van der Waals surface area contributed by atoms with Crippen molar-refractivity contribution in [2.45, 2.75) is 32.4 Å². The lowest BCUT2D eigenvalue weighted by Gasteiger charge is -2.28. The summed E-state index contributed by atoms with van der Waals surface area (Å²) in [6.07, 6.45) is 0.682. The minimum Gasteiger partial charge on any atom is -0.384 e. The first-order valence-electron chi connectivity index (χ1n) is 7.45. The van der Waals surface area contributed by atoms with Crippen LogP contribution in [0.3, 0.4) is 0 Å². The molecule has 0 spiro atoms. The highest BCUT2D eigenvalue weighted by atomic mass is 35.5. The van der Waals surface area contributed by atoms with Crippen LogP contribution in [0.15, 0.2) is 24.3 Å². The predicted octanol–water partition coefficient (Wildman–Crippen LogP) is 2.88. The van der Waals surface area contributed by atoms with Crippen LogP contribution in [0.4, 0.5) is 10.5 Å². The molecule has 0 saturated carbocycles. The number of nitrogens with zero attached hydrogens (tertiary/aromatic N) is 2. The average Bonchev–Trinajstić information content (AvgIpc) is 2.90. The number of H-pyrrole nitrogens is 1. The smallest absolute Gasteiger partial charge is 0.322 e. The number of halogens is 1. The van der Waals surface area contributed by atoms with Crippen molar-refractivity contribution in [3.63, 3.8) is 0 Å². The van der Waals surface area contributed by atoms with Crippen molar-refractivity contribution >= 4 is 23.3 Å². The number of nitrogens with one attached hydrogen (secondary N) is 2. The molecule has 0 atom stereocenters. The lowest BCUT2D eigenvalue weighted by molar-refractivity contribution is 0.0719. The molecule has 0 saturated heterocycles. The molecule has 122 valence electrons. The van der Waals surface area contributed by atoms with E-state index < -0.39 is 5.60 Å². The van der Waals surface area contributed by atoms with Crippen molar-refractivity contribution in [2.24, 2.45) is 0 Å².